The first-order valence-electron chi connectivity index (χ1n) is 13.4. The molecule has 38 heavy (non-hydrogen) atoms. The van der Waals surface area contributed by atoms with Crippen molar-refractivity contribution in [2.45, 2.75) is 77.0 Å². The molecule has 200 valence electrons. The molecule has 2 N–H and O–H groups in total. The van der Waals surface area contributed by atoms with Crippen molar-refractivity contribution < 1.29 is 19.4 Å². The van der Waals surface area contributed by atoms with Crippen LogP contribution in [0.15, 0.2) is 42.5 Å². The van der Waals surface area contributed by atoms with Gasteiger partial charge in [-0.1, -0.05) is 31.3 Å². The number of rotatable bonds is 8. The molecular weight excluding hydrogens is 500 g/mol. The quantitative estimate of drug-likeness (QED) is 0.408. The van der Waals surface area contributed by atoms with Gasteiger partial charge in [0.25, 0.3) is 5.91 Å². The second-order valence-electron chi connectivity index (χ2n) is 10.4. The lowest BCUT2D eigenvalue weighted by molar-refractivity contribution is -0.128. The highest BCUT2D eigenvalue weighted by molar-refractivity contribution is 7.14. The minimum absolute atomic E-state index is 0.0567. The SMILES string of the molecule is CC(C)c1nnc(-c2ccc(Oc3cc(C(=O)NC4CCC(O)CC4)ccc3CN3CCCC3=O)cc2)s1. The zero-order valence-corrected chi connectivity index (χ0v) is 22.7. The standard InChI is InChI=1S/C29H34N4O4S/c1-18(2)28-31-32-29(38-28)19-7-13-24(14-8-19)37-25-16-20(27(36)30-22-9-11-23(34)12-10-22)5-6-21(25)17-33-15-3-4-26(33)35/h5-8,13-14,16,18,22-23,34H,3-4,9-12,15,17H2,1-2H3,(H,30,36). The van der Waals surface area contributed by atoms with Gasteiger partial charge in [0.1, 0.15) is 21.5 Å². The molecule has 3 aromatic rings. The van der Waals surface area contributed by atoms with Crippen LogP contribution in [0, 0.1) is 0 Å². The zero-order chi connectivity index (χ0) is 26.6. The maximum atomic E-state index is 13.1. The number of hydrogen-bond acceptors (Lipinski definition) is 7. The summed E-state index contributed by atoms with van der Waals surface area (Å²) >= 11 is 1.58. The fourth-order valence-corrected chi connectivity index (χ4v) is 5.72. The maximum absolute atomic E-state index is 13.1. The molecule has 0 atom stereocenters. The first-order valence-corrected chi connectivity index (χ1v) is 14.2. The van der Waals surface area contributed by atoms with Crippen LogP contribution in [0.25, 0.3) is 10.6 Å². The van der Waals surface area contributed by atoms with Crippen LogP contribution in [-0.2, 0) is 11.3 Å². The fraction of sp³-hybridized carbons (Fsp3) is 0.448. The van der Waals surface area contributed by atoms with E-state index < -0.39 is 0 Å². The number of nitrogens with one attached hydrogen (secondary N) is 1. The van der Waals surface area contributed by atoms with Gasteiger partial charge >= 0.3 is 0 Å². The number of likely N-dealkylation sites (tertiary alicyclic amines) is 1. The van der Waals surface area contributed by atoms with Gasteiger partial charge in [0, 0.05) is 48.2 Å². The topological polar surface area (TPSA) is 105 Å². The summed E-state index contributed by atoms with van der Waals surface area (Å²) in [6.07, 6.45) is 4.10. The third-order valence-corrected chi connectivity index (χ3v) is 8.43. The van der Waals surface area contributed by atoms with Gasteiger partial charge in [0.05, 0.1) is 6.10 Å². The van der Waals surface area contributed by atoms with Crippen molar-refractivity contribution in [2.24, 2.45) is 0 Å². The van der Waals surface area contributed by atoms with Crippen molar-refractivity contribution in [1.82, 2.24) is 20.4 Å². The summed E-state index contributed by atoms with van der Waals surface area (Å²) in [5.74, 6) is 1.50. The summed E-state index contributed by atoms with van der Waals surface area (Å²) in [7, 11) is 0. The average molecular weight is 535 g/mol. The number of benzene rings is 2. The van der Waals surface area contributed by atoms with Crippen LogP contribution in [0.2, 0.25) is 0 Å². The van der Waals surface area contributed by atoms with Crippen LogP contribution < -0.4 is 10.1 Å². The number of nitrogens with zero attached hydrogens (tertiary/aromatic N) is 3. The maximum Gasteiger partial charge on any atom is 0.251 e. The molecule has 2 heterocycles. The summed E-state index contributed by atoms with van der Waals surface area (Å²) in [4.78, 5) is 27.2. The molecule has 1 aliphatic heterocycles. The van der Waals surface area contributed by atoms with E-state index in [9.17, 15) is 14.7 Å². The number of carbonyl (C=O) groups excluding carboxylic acids is 2. The fourth-order valence-electron chi connectivity index (χ4n) is 4.86. The smallest absolute Gasteiger partial charge is 0.251 e. The lowest BCUT2D eigenvalue weighted by Crippen LogP contribution is -2.38. The number of hydrogen-bond donors (Lipinski definition) is 2. The van der Waals surface area contributed by atoms with Crippen LogP contribution in [0.4, 0.5) is 0 Å². The van der Waals surface area contributed by atoms with Gasteiger partial charge < -0.3 is 20.1 Å². The number of aliphatic hydroxyl groups is 1. The van der Waals surface area contributed by atoms with E-state index in [4.69, 9.17) is 4.74 Å². The van der Waals surface area contributed by atoms with Crippen molar-refractivity contribution in [2.75, 3.05) is 6.54 Å². The Kier molecular flexibility index (Phi) is 8.04. The number of amides is 2. The average Bonchev–Trinajstić information content (AvgIpc) is 3.56. The Hall–Kier alpha value is -3.30. The Morgan fingerprint density at radius 1 is 1.13 bits per heavy atom. The van der Waals surface area contributed by atoms with Gasteiger partial charge in [-0.05, 0) is 68.5 Å². The molecule has 0 bridgehead atoms. The van der Waals surface area contributed by atoms with E-state index in [-0.39, 0.29) is 24.0 Å². The Balaban J connectivity index is 1.35. The van der Waals surface area contributed by atoms with Crippen molar-refractivity contribution in [1.29, 1.82) is 0 Å². The van der Waals surface area contributed by atoms with E-state index in [1.807, 2.05) is 35.2 Å². The Labute approximate surface area is 227 Å². The van der Waals surface area contributed by atoms with Gasteiger partial charge in [-0.2, -0.15) is 0 Å². The van der Waals surface area contributed by atoms with Crippen molar-refractivity contribution >= 4 is 23.2 Å². The first kappa shape index (κ1) is 26.3. The third-order valence-electron chi connectivity index (χ3n) is 7.16. The van der Waals surface area contributed by atoms with Gasteiger partial charge in [-0.25, -0.2) is 0 Å². The minimum Gasteiger partial charge on any atom is -0.457 e. The van der Waals surface area contributed by atoms with E-state index in [0.29, 0.717) is 48.8 Å². The van der Waals surface area contributed by atoms with E-state index in [1.54, 1.807) is 23.5 Å². The van der Waals surface area contributed by atoms with Crippen LogP contribution in [0.5, 0.6) is 11.5 Å². The summed E-state index contributed by atoms with van der Waals surface area (Å²) in [6.45, 7) is 5.37. The number of aromatic nitrogens is 2. The summed E-state index contributed by atoms with van der Waals surface area (Å²) in [5, 5.41) is 23.3. The molecule has 8 nitrogen and oxygen atoms in total. The van der Waals surface area contributed by atoms with Crippen molar-refractivity contribution in [3.05, 3.63) is 58.6 Å². The number of carbonyl (C=O) groups is 2. The predicted octanol–water partition coefficient (Wildman–Crippen LogP) is 5.28. The molecule has 1 aromatic heterocycles. The van der Waals surface area contributed by atoms with E-state index >= 15 is 0 Å². The minimum atomic E-state index is -0.272. The molecule has 0 radical (unpaired) electrons. The summed E-state index contributed by atoms with van der Waals surface area (Å²) in [6, 6.07) is 13.2. The largest absolute Gasteiger partial charge is 0.457 e. The molecule has 2 fully saturated rings. The molecule has 2 aliphatic rings. The molecule has 1 aliphatic carbocycles. The van der Waals surface area contributed by atoms with E-state index in [1.165, 1.54) is 0 Å². The Morgan fingerprint density at radius 3 is 2.55 bits per heavy atom. The van der Waals surface area contributed by atoms with Crippen LogP contribution in [-0.4, -0.2) is 50.7 Å². The van der Waals surface area contributed by atoms with E-state index in [2.05, 4.69) is 29.4 Å². The van der Waals surface area contributed by atoms with Gasteiger partial charge in [-0.15, -0.1) is 10.2 Å². The molecule has 5 rings (SSSR count). The lowest BCUT2D eigenvalue weighted by Gasteiger charge is -2.26. The highest BCUT2D eigenvalue weighted by atomic mass is 32.1. The van der Waals surface area contributed by atoms with Gasteiger partial charge in [0.2, 0.25) is 5.91 Å². The van der Waals surface area contributed by atoms with Crippen LogP contribution in [0.1, 0.15) is 79.2 Å². The van der Waals surface area contributed by atoms with Crippen molar-refractivity contribution in [3.8, 4) is 22.1 Å². The predicted molar refractivity (Wildman–Crippen MR) is 146 cm³/mol. The highest BCUT2D eigenvalue weighted by Crippen LogP contribution is 2.32. The second kappa shape index (κ2) is 11.6. The molecule has 0 unspecified atom stereocenters. The number of aliphatic hydroxyl groups excluding tert-OH is 1. The Morgan fingerprint density at radius 2 is 1.89 bits per heavy atom. The normalized spacial score (nSPS) is 19.7. The molecule has 2 aromatic carbocycles. The number of ether oxygens (including phenoxy) is 1. The highest BCUT2D eigenvalue weighted by Gasteiger charge is 2.24. The van der Waals surface area contributed by atoms with Gasteiger partial charge in [-0.3, -0.25) is 9.59 Å². The Bertz CT molecular complexity index is 1280. The zero-order valence-electron chi connectivity index (χ0n) is 21.9. The summed E-state index contributed by atoms with van der Waals surface area (Å²) < 4.78 is 6.30. The first-order chi connectivity index (χ1) is 18.4. The molecule has 1 saturated heterocycles. The molecule has 9 heteroatoms. The third kappa shape index (κ3) is 6.22. The second-order valence-corrected chi connectivity index (χ2v) is 11.5. The van der Waals surface area contributed by atoms with Gasteiger partial charge in [0.15, 0.2) is 0 Å². The van der Waals surface area contributed by atoms with E-state index in [0.717, 1.165) is 46.9 Å². The van der Waals surface area contributed by atoms with Crippen LogP contribution in [0.3, 0.4) is 0 Å². The lowest BCUT2D eigenvalue weighted by atomic mass is 9.93. The molecule has 2 amide bonds. The molecular formula is C29H34N4O4S. The molecule has 1 saturated carbocycles. The van der Waals surface area contributed by atoms with Crippen LogP contribution >= 0.6 is 11.3 Å². The summed E-state index contributed by atoms with van der Waals surface area (Å²) in [5.41, 5.74) is 2.33. The molecule has 0 spiro atoms. The van der Waals surface area contributed by atoms with Crippen molar-refractivity contribution in [3.63, 3.8) is 0 Å². The monoisotopic (exact) mass is 534 g/mol.